The Morgan fingerprint density at radius 2 is 1.82 bits per heavy atom. The third kappa shape index (κ3) is 3.27. The van der Waals surface area contributed by atoms with Crippen LogP contribution in [0, 0.1) is 6.92 Å². The molecule has 4 heteroatoms. The topological polar surface area (TPSA) is 32.5 Å². The first-order valence-corrected chi connectivity index (χ1v) is 6.04. The SMILES string of the molecule is CCN1CCN(c2ccc(N)c(C)c2)CC1.Cl. The van der Waals surface area contributed by atoms with E-state index in [9.17, 15) is 0 Å². The van der Waals surface area contributed by atoms with Crippen molar-refractivity contribution in [3.05, 3.63) is 23.8 Å². The van der Waals surface area contributed by atoms with Crippen LogP contribution in [0.1, 0.15) is 12.5 Å². The Bertz CT molecular complexity index is 360. The summed E-state index contributed by atoms with van der Waals surface area (Å²) in [6.07, 6.45) is 0. The van der Waals surface area contributed by atoms with Crippen molar-refractivity contribution in [2.24, 2.45) is 0 Å². The number of piperazine rings is 1. The maximum atomic E-state index is 5.84. The van der Waals surface area contributed by atoms with Crippen LogP contribution in [0.15, 0.2) is 18.2 Å². The number of likely N-dealkylation sites (N-methyl/N-ethyl adjacent to an activating group) is 1. The molecule has 0 bridgehead atoms. The molecule has 0 unspecified atom stereocenters. The molecule has 1 aliphatic heterocycles. The predicted molar refractivity (Wildman–Crippen MR) is 77.2 cm³/mol. The van der Waals surface area contributed by atoms with Crippen LogP contribution in [0.25, 0.3) is 0 Å². The van der Waals surface area contributed by atoms with Gasteiger partial charge in [-0.25, -0.2) is 0 Å². The second-order valence-electron chi connectivity index (χ2n) is 4.46. The van der Waals surface area contributed by atoms with Crippen molar-refractivity contribution in [3.63, 3.8) is 0 Å². The Hall–Kier alpha value is -0.930. The molecular formula is C13H22ClN3. The molecule has 0 atom stereocenters. The van der Waals surface area contributed by atoms with Crippen LogP contribution in [0.4, 0.5) is 11.4 Å². The molecule has 0 saturated carbocycles. The molecule has 0 aromatic heterocycles. The lowest BCUT2D eigenvalue weighted by Crippen LogP contribution is -2.46. The number of nitrogen functional groups attached to an aromatic ring is 1. The Kier molecular flexibility index (Phi) is 5.09. The summed E-state index contributed by atoms with van der Waals surface area (Å²) in [6, 6.07) is 6.33. The average molecular weight is 256 g/mol. The van der Waals surface area contributed by atoms with Gasteiger partial charge in [-0.3, -0.25) is 0 Å². The summed E-state index contributed by atoms with van der Waals surface area (Å²) in [7, 11) is 0. The second-order valence-corrected chi connectivity index (χ2v) is 4.46. The van der Waals surface area contributed by atoms with Gasteiger partial charge in [-0.1, -0.05) is 6.92 Å². The van der Waals surface area contributed by atoms with Gasteiger partial charge in [-0.15, -0.1) is 12.4 Å². The van der Waals surface area contributed by atoms with Gasteiger partial charge in [0.1, 0.15) is 0 Å². The predicted octanol–water partition coefficient (Wildman–Crippen LogP) is 2.14. The van der Waals surface area contributed by atoms with Crippen LogP contribution < -0.4 is 10.6 Å². The molecule has 1 heterocycles. The minimum Gasteiger partial charge on any atom is -0.399 e. The highest BCUT2D eigenvalue weighted by atomic mass is 35.5. The van der Waals surface area contributed by atoms with Crippen molar-refractivity contribution in [2.45, 2.75) is 13.8 Å². The zero-order valence-corrected chi connectivity index (χ0v) is 11.5. The fraction of sp³-hybridized carbons (Fsp3) is 0.538. The smallest absolute Gasteiger partial charge is 0.0371 e. The monoisotopic (exact) mass is 255 g/mol. The van der Waals surface area contributed by atoms with Gasteiger partial charge in [0.15, 0.2) is 0 Å². The first-order valence-electron chi connectivity index (χ1n) is 6.04. The van der Waals surface area contributed by atoms with E-state index in [1.165, 1.54) is 24.3 Å². The fourth-order valence-corrected chi connectivity index (χ4v) is 2.18. The highest BCUT2D eigenvalue weighted by molar-refractivity contribution is 5.85. The summed E-state index contributed by atoms with van der Waals surface area (Å²) in [5, 5.41) is 0. The number of nitrogens with zero attached hydrogens (tertiary/aromatic N) is 2. The standard InChI is InChI=1S/C13H21N3.ClH/c1-3-15-6-8-16(9-7-15)12-4-5-13(14)11(2)10-12;/h4-5,10H,3,6-9,14H2,1-2H3;1H. The van der Waals surface area contributed by atoms with Crippen LogP contribution in [0.2, 0.25) is 0 Å². The minimum atomic E-state index is 0. The maximum absolute atomic E-state index is 5.84. The Balaban J connectivity index is 0.00000144. The maximum Gasteiger partial charge on any atom is 0.0371 e. The number of nitrogens with two attached hydrogens (primary N) is 1. The number of aryl methyl sites for hydroxylation is 1. The zero-order valence-electron chi connectivity index (χ0n) is 10.6. The van der Waals surface area contributed by atoms with Gasteiger partial charge in [0.25, 0.3) is 0 Å². The molecule has 1 fully saturated rings. The van der Waals surface area contributed by atoms with Crippen LogP contribution in [0.5, 0.6) is 0 Å². The molecule has 1 aromatic rings. The summed E-state index contributed by atoms with van der Waals surface area (Å²) in [5.41, 5.74) is 9.20. The molecule has 3 nitrogen and oxygen atoms in total. The van der Waals surface area contributed by atoms with Crippen molar-refractivity contribution in [1.29, 1.82) is 0 Å². The molecular weight excluding hydrogens is 234 g/mol. The molecule has 1 saturated heterocycles. The van der Waals surface area contributed by atoms with Gasteiger partial charge in [-0.2, -0.15) is 0 Å². The molecule has 2 rings (SSSR count). The van der Waals surface area contributed by atoms with Gasteiger partial charge < -0.3 is 15.5 Å². The van der Waals surface area contributed by atoms with Crippen molar-refractivity contribution >= 4 is 23.8 Å². The van der Waals surface area contributed by atoms with E-state index in [1.54, 1.807) is 0 Å². The largest absolute Gasteiger partial charge is 0.399 e. The second kappa shape index (κ2) is 6.12. The average Bonchev–Trinajstić information content (AvgIpc) is 2.33. The number of hydrogen-bond acceptors (Lipinski definition) is 3. The summed E-state index contributed by atoms with van der Waals surface area (Å²) in [6.45, 7) is 10.0. The first kappa shape index (κ1) is 14.1. The van der Waals surface area contributed by atoms with E-state index in [4.69, 9.17) is 5.73 Å². The van der Waals surface area contributed by atoms with Gasteiger partial charge in [-0.05, 0) is 37.2 Å². The third-order valence-corrected chi connectivity index (χ3v) is 3.44. The van der Waals surface area contributed by atoms with Crippen LogP contribution in [-0.4, -0.2) is 37.6 Å². The normalized spacial score (nSPS) is 16.7. The molecule has 0 spiro atoms. The quantitative estimate of drug-likeness (QED) is 0.822. The highest BCUT2D eigenvalue weighted by Gasteiger charge is 2.15. The van der Waals surface area contributed by atoms with E-state index in [0.717, 1.165) is 25.3 Å². The first-order chi connectivity index (χ1) is 7.70. The highest BCUT2D eigenvalue weighted by Crippen LogP contribution is 2.21. The van der Waals surface area contributed by atoms with Gasteiger partial charge in [0, 0.05) is 37.6 Å². The van der Waals surface area contributed by atoms with Crippen LogP contribution >= 0.6 is 12.4 Å². The molecule has 1 aromatic carbocycles. The zero-order chi connectivity index (χ0) is 11.5. The Labute approximate surface area is 110 Å². The van der Waals surface area contributed by atoms with E-state index in [2.05, 4.69) is 35.8 Å². The third-order valence-electron chi connectivity index (χ3n) is 3.44. The molecule has 17 heavy (non-hydrogen) atoms. The number of anilines is 2. The summed E-state index contributed by atoms with van der Waals surface area (Å²) < 4.78 is 0. The Morgan fingerprint density at radius 1 is 1.18 bits per heavy atom. The molecule has 0 amide bonds. The lowest BCUT2D eigenvalue weighted by molar-refractivity contribution is 0.271. The van der Waals surface area contributed by atoms with Crippen molar-refractivity contribution < 1.29 is 0 Å². The molecule has 1 aliphatic rings. The van der Waals surface area contributed by atoms with Crippen LogP contribution in [0.3, 0.4) is 0 Å². The van der Waals surface area contributed by atoms with Crippen molar-refractivity contribution in [3.8, 4) is 0 Å². The van der Waals surface area contributed by atoms with Crippen LogP contribution in [-0.2, 0) is 0 Å². The lowest BCUT2D eigenvalue weighted by atomic mass is 10.1. The number of halogens is 1. The minimum absolute atomic E-state index is 0. The van der Waals surface area contributed by atoms with E-state index in [0.29, 0.717) is 0 Å². The Morgan fingerprint density at radius 3 is 2.35 bits per heavy atom. The van der Waals surface area contributed by atoms with E-state index >= 15 is 0 Å². The lowest BCUT2D eigenvalue weighted by Gasteiger charge is -2.35. The summed E-state index contributed by atoms with van der Waals surface area (Å²) in [5.74, 6) is 0. The van der Waals surface area contributed by atoms with Crippen molar-refractivity contribution in [1.82, 2.24) is 4.90 Å². The fourth-order valence-electron chi connectivity index (χ4n) is 2.18. The molecule has 96 valence electrons. The van der Waals surface area contributed by atoms with E-state index in [-0.39, 0.29) is 12.4 Å². The van der Waals surface area contributed by atoms with Crippen molar-refractivity contribution in [2.75, 3.05) is 43.4 Å². The number of rotatable bonds is 2. The summed E-state index contributed by atoms with van der Waals surface area (Å²) >= 11 is 0. The van der Waals surface area contributed by atoms with Gasteiger partial charge in [0.2, 0.25) is 0 Å². The number of benzene rings is 1. The molecule has 0 radical (unpaired) electrons. The number of hydrogen-bond donors (Lipinski definition) is 1. The van der Waals surface area contributed by atoms with E-state index in [1.807, 2.05) is 6.07 Å². The molecule has 2 N–H and O–H groups in total. The van der Waals surface area contributed by atoms with Gasteiger partial charge in [0.05, 0.1) is 0 Å². The molecule has 0 aliphatic carbocycles. The summed E-state index contributed by atoms with van der Waals surface area (Å²) in [4.78, 5) is 4.93. The van der Waals surface area contributed by atoms with E-state index < -0.39 is 0 Å². The van der Waals surface area contributed by atoms with Gasteiger partial charge >= 0.3 is 0 Å².